The Morgan fingerprint density at radius 2 is 2.00 bits per heavy atom. The van der Waals surface area contributed by atoms with E-state index in [0.717, 1.165) is 0 Å². The molecule has 0 aromatic heterocycles. The summed E-state index contributed by atoms with van der Waals surface area (Å²) in [6.45, 7) is 3.83. The first kappa shape index (κ1) is 15.2. The van der Waals surface area contributed by atoms with E-state index in [2.05, 4.69) is 5.32 Å². The molecule has 5 heteroatoms. The van der Waals surface area contributed by atoms with Crippen molar-refractivity contribution < 1.29 is 14.6 Å². The van der Waals surface area contributed by atoms with Crippen LogP contribution in [0.15, 0.2) is 42.5 Å². The zero-order valence-corrected chi connectivity index (χ0v) is 12.5. The number of phenols is 1. The fourth-order valence-electron chi connectivity index (χ4n) is 1.79. The van der Waals surface area contributed by atoms with Crippen LogP contribution in [0.4, 0.5) is 5.69 Å². The van der Waals surface area contributed by atoms with Crippen LogP contribution in [-0.4, -0.2) is 17.1 Å². The number of aromatic hydroxyl groups is 1. The number of benzene rings is 2. The summed E-state index contributed by atoms with van der Waals surface area (Å²) in [5.41, 5.74) is 0.704. The molecule has 0 aliphatic carbocycles. The van der Waals surface area contributed by atoms with E-state index in [1.807, 2.05) is 13.8 Å². The van der Waals surface area contributed by atoms with Gasteiger partial charge in [-0.3, -0.25) is 4.79 Å². The molecule has 2 rings (SSSR count). The molecular weight excluding hydrogens is 290 g/mol. The molecule has 110 valence electrons. The molecule has 0 fully saturated rings. The predicted molar refractivity (Wildman–Crippen MR) is 83.3 cm³/mol. The van der Waals surface area contributed by atoms with Gasteiger partial charge >= 0.3 is 0 Å². The molecule has 0 heterocycles. The van der Waals surface area contributed by atoms with E-state index in [-0.39, 0.29) is 23.4 Å². The molecule has 4 nitrogen and oxygen atoms in total. The highest BCUT2D eigenvalue weighted by Crippen LogP contribution is 2.27. The lowest BCUT2D eigenvalue weighted by Crippen LogP contribution is -2.13. The van der Waals surface area contributed by atoms with Crippen molar-refractivity contribution in [1.29, 1.82) is 0 Å². The molecule has 0 aliphatic rings. The minimum Gasteiger partial charge on any atom is -0.506 e. The lowest BCUT2D eigenvalue weighted by molar-refractivity contribution is 0.102. The topological polar surface area (TPSA) is 58.6 Å². The number of hydrogen-bond donors (Lipinski definition) is 2. The Bertz CT molecular complexity index is 656. The Balaban J connectivity index is 2.18. The van der Waals surface area contributed by atoms with E-state index < -0.39 is 0 Å². The van der Waals surface area contributed by atoms with Crippen molar-refractivity contribution in [3.63, 3.8) is 0 Å². The SMILES string of the molecule is CC(C)Oc1cccc(C(=O)Nc2cc(Cl)ccc2O)c1. The van der Waals surface area contributed by atoms with Crippen molar-refractivity contribution in [2.75, 3.05) is 5.32 Å². The van der Waals surface area contributed by atoms with Gasteiger partial charge < -0.3 is 15.2 Å². The van der Waals surface area contributed by atoms with E-state index in [4.69, 9.17) is 16.3 Å². The molecular formula is C16H16ClNO3. The van der Waals surface area contributed by atoms with Crippen LogP contribution in [0.25, 0.3) is 0 Å². The molecule has 0 spiro atoms. The molecule has 0 saturated heterocycles. The summed E-state index contributed by atoms with van der Waals surface area (Å²) in [7, 11) is 0. The summed E-state index contributed by atoms with van der Waals surface area (Å²) in [5, 5.41) is 12.8. The van der Waals surface area contributed by atoms with Crippen molar-refractivity contribution in [3.8, 4) is 11.5 Å². The largest absolute Gasteiger partial charge is 0.506 e. The minimum atomic E-state index is -0.346. The third kappa shape index (κ3) is 4.13. The van der Waals surface area contributed by atoms with Gasteiger partial charge in [-0.15, -0.1) is 0 Å². The molecule has 21 heavy (non-hydrogen) atoms. The van der Waals surface area contributed by atoms with E-state index in [1.165, 1.54) is 12.1 Å². The average molecular weight is 306 g/mol. The molecule has 2 aromatic rings. The lowest BCUT2D eigenvalue weighted by atomic mass is 10.2. The summed E-state index contributed by atoms with van der Waals surface area (Å²) >= 11 is 5.85. The highest BCUT2D eigenvalue weighted by Gasteiger charge is 2.10. The Kier molecular flexibility index (Phi) is 4.70. The first-order valence-corrected chi connectivity index (χ1v) is 6.90. The fraction of sp³-hybridized carbons (Fsp3) is 0.188. The van der Waals surface area contributed by atoms with Gasteiger partial charge in [0.2, 0.25) is 0 Å². The molecule has 2 aromatic carbocycles. The third-order valence-electron chi connectivity index (χ3n) is 2.67. The van der Waals surface area contributed by atoms with Crippen LogP contribution in [0.1, 0.15) is 24.2 Å². The van der Waals surface area contributed by atoms with E-state index >= 15 is 0 Å². The van der Waals surface area contributed by atoms with E-state index in [0.29, 0.717) is 16.3 Å². The van der Waals surface area contributed by atoms with Crippen molar-refractivity contribution in [2.24, 2.45) is 0 Å². The molecule has 0 atom stereocenters. The highest BCUT2D eigenvalue weighted by atomic mass is 35.5. The van der Waals surface area contributed by atoms with Crippen molar-refractivity contribution in [2.45, 2.75) is 20.0 Å². The molecule has 1 amide bonds. The number of ether oxygens (including phenoxy) is 1. The van der Waals surface area contributed by atoms with Crippen LogP contribution < -0.4 is 10.1 Å². The standard InChI is InChI=1S/C16H16ClNO3/c1-10(2)21-13-5-3-4-11(8-13)16(20)18-14-9-12(17)6-7-15(14)19/h3-10,19H,1-2H3,(H,18,20). The fourth-order valence-corrected chi connectivity index (χ4v) is 1.96. The van der Waals surface area contributed by atoms with Crippen LogP contribution >= 0.6 is 11.6 Å². The normalized spacial score (nSPS) is 10.5. The van der Waals surface area contributed by atoms with Gasteiger partial charge in [0.15, 0.2) is 0 Å². The number of rotatable bonds is 4. The van der Waals surface area contributed by atoms with E-state index in [9.17, 15) is 9.90 Å². The number of phenolic OH excluding ortho intramolecular Hbond substituents is 1. The number of nitrogens with one attached hydrogen (secondary N) is 1. The molecule has 0 aliphatic heterocycles. The maximum Gasteiger partial charge on any atom is 0.255 e. The second-order valence-electron chi connectivity index (χ2n) is 4.81. The van der Waals surface area contributed by atoms with Crippen LogP contribution in [0, 0.1) is 0 Å². The van der Waals surface area contributed by atoms with Crippen LogP contribution in [-0.2, 0) is 0 Å². The zero-order chi connectivity index (χ0) is 15.4. The Hall–Kier alpha value is -2.20. The minimum absolute atomic E-state index is 0.0280. The summed E-state index contributed by atoms with van der Waals surface area (Å²) in [4.78, 5) is 12.2. The number of carbonyl (C=O) groups excluding carboxylic acids is 1. The van der Waals surface area contributed by atoms with Gasteiger partial charge in [-0.05, 0) is 50.2 Å². The van der Waals surface area contributed by atoms with Gasteiger partial charge in [0.05, 0.1) is 11.8 Å². The van der Waals surface area contributed by atoms with Gasteiger partial charge in [-0.25, -0.2) is 0 Å². The van der Waals surface area contributed by atoms with Crippen LogP contribution in [0.3, 0.4) is 0 Å². The number of halogens is 1. The first-order valence-electron chi connectivity index (χ1n) is 6.52. The number of amides is 1. The van der Waals surface area contributed by atoms with Crippen molar-refractivity contribution >= 4 is 23.2 Å². The molecule has 0 unspecified atom stereocenters. The van der Waals surface area contributed by atoms with Crippen molar-refractivity contribution in [1.82, 2.24) is 0 Å². The average Bonchev–Trinajstić information content (AvgIpc) is 2.42. The Morgan fingerprint density at radius 1 is 1.24 bits per heavy atom. The summed E-state index contributed by atoms with van der Waals surface area (Å²) in [6.07, 6.45) is 0.0280. The molecule has 0 saturated carbocycles. The quantitative estimate of drug-likeness (QED) is 0.837. The first-order chi connectivity index (χ1) is 9.95. The number of carbonyl (C=O) groups is 1. The zero-order valence-electron chi connectivity index (χ0n) is 11.8. The maximum atomic E-state index is 12.2. The third-order valence-corrected chi connectivity index (χ3v) is 2.91. The Labute approximate surface area is 128 Å². The van der Waals surface area contributed by atoms with Gasteiger partial charge in [-0.1, -0.05) is 17.7 Å². The smallest absolute Gasteiger partial charge is 0.255 e. The van der Waals surface area contributed by atoms with Gasteiger partial charge in [0.1, 0.15) is 11.5 Å². The summed E-state index contributed by atoms with van der Waals surface area (Å²) in [5.74, 6) is 0.233. The lowest BCUT2D eigenvalue weighted by Gasteiger charge is -2.11. The summed E-state index contributed by atoms with van der Waals surface area (Å²) in [6, 6.07) is 11.3. The number of anilines is 1. The van der Waals surface area contributed by atoms with Gasteiger partial charge in [0.25, 0.3) is 5.91 Å². The van der Waals surface area contributed by atoms with Gasteiger partial charge in [0, 0.05) is 10.6 Å². The van der Waals surface area contributed by atoms with Crippen LogP contribution in [0.2, 0.25) is 5.02 Å². The molecule has 2 N–H and O–H groups in total. The van der Waals surface area contributed by atoms with Crippen molar-refractivity contribution in [3.05, 3.63) is 53.1 Å². The second-order valence-corrected chi connectivity index (χ2v) is 5.25. The number of hydrogen-bond acceptors (Lipinski definition) is 3. The maximum absolute atomic E-state index is 12.2. The second kappa shape index (κ2) is 6.50. The van der Waals surface area contributed by atoms with Gasteiger partial charge in [-0.2, -0.15) is 0 Å². The molecule has 0 bridgehead atoms. The predicted octanol–water partition coefficient (Wildman–Crippen LogP) is 4.09. The van der Waals surface area contributed by atoms with E-state index in [1.54, 1.807) is 30.3 Å². The van der Waals surface area contributed by atoms with Crippen LogP contribution in [0.5, 0.6) is 11.5 Å². The monoisotopic (exact) mass is 305 g/mol. The Morgan fingerprint density at radius 3 is 2.71 bits per heavy atom. The summed E-state index contributed by atoms with van der Waals surface area (Å²) < 4.78 is 5.55. The highest BCUT2D eigenvalue weighted by molar-refractivity contribution is 6.31. The molecule has 0 radical (unpaired) electrons.